The second-order valence-electron chi connectivity index (χ2n) is 13.8. The summed E-state index contributed by atoms with van der Waals surface area (Å²) in [6.45, 7) is 13.1. The number of nitrogens with zero attached hydrogens (tertiary/aromatic N) is 6. The highest BCUT2D eigenvalue weighted by Gasteiger charge is 2.37. The summed E-state index contributed by atoms with van der Waals surface area (Å²) in [7, 11) is 2.00. The predicted molar refractivity (Wildman–Crippen MR) is 188 cm³/mol. The molecule has 6 rings (SSSR count). The Labute approximate surface area is 289 Å². The summed E-state index contributed by atoms with van der Waals surface area (Å²) >= 11 is 0. The molecule has 2 fully saturated rings. The molecule has 5 heterocycles. The molecule has 1 aromatic heterocycles. The van der Waals surface area contributed by atoms with Crippen LogP contribution in [-0.4, -0.2) is 122 Å². The first-order valence-electron chi connectivity index (χ1n) is 17.2. The fourth-order valence-electron chi connectivity index (χ4n) is 7.10. The van der Waals surface area contributed by atoms with E-state index in [-0.39, 0.29) is 35.3 Å². The van der Waals surface area contributed by atoms with Crippen molar-refractivity contribution in [2.75, 3.05) is 76.2 Å². The van der Waals surface area contributed by atoms with E-state index in [1.165, 1.54) is 12.1 Å². The molecule has 50 heavy (non-hydrogen) atoms. The molecule has 1 aromatic carbocycles. The normalized spacial score (nSPS) is 25.4. The van der Waals surface area contributed by atoms with Gasteiger partial charge in [0.25, 0.3) is 5.91 Å². The van der Waals surface area contributed by atoms with E-state index < -0.39 is 34.6 Å². The molecule has 2 unspecified atom stereocenters. The van der Waals surface area contributed by atoms with E-state index in [9.17, 15) is 22.8 Å². The monoisotopic (exact) mass is 699 g/mol. The number of pyridine rings is 1. The molecule has 0 radical (unpaired) electrons. The zero-order chi connectivity index (χ0) is 35.7. The maximum absolute atomic E-state index is 16.1. The summed E-state index contributed by atoms with van der Waals surface area (Å²) in [5.41, 5.74) is -1.54. The van der Waals surface area contributed by atoms with Crippen LogP contribution < -0.4 is 21.1 Å². The highest BCUT2D eigenvalue weighted by atomic mass is 19.4. The van der Waals surface area contributed by atoms with E-state index in [1.54, 1.807) is 0 Å². The number of piperazine rings is 2. The quantitative estimate of drug-likeness (QED) is 0.394. The van der Waals surface area contributed by atoms with Crippen LogP contribution in [0.2, 0.25) is 0 Å². The van der Waals surface area contributed by atoms with E-state index in [2.05, 4.69) is 32.3 Å². The third kappa shape index (κ3) is 7.79. The zero-order valence-electron chi connectivity index (χ0n) is 28.9. The fourth-order valence-corrected chi connectivity index (χ4v) is 7.10. The summed E-state index contributed by atoms with van der Waals surface area (Å²) in [5, 5.41) is 6.01. The molecule has 11 nitrogen and oxygen atoms in total. The minimum Gasteiger partial charge on any atom is -0.367 e. The summed E-state index contributed by atoms with van der Waals surface area (Å²) < 4.78 is 57.6. The van der Waals surface area contributed by atoms with Crippen LogP contribution in [0.4, 0.5) is 28.9 Å². The van der Waals surface area contributed by atoms with Crippen molar-refractivity contribution >= 4 is 35.0 Å². The van der Waals surface area contributed by atoms with Gasteiger partial charge in [-0.1, -0.05) is 6.08 Å². The van der Waals surface area contributed by atoms with Crippen molar-refractivity contribution in [3.8, 4) is 0 Å². The number of rotatable bonds is 6. The molecule has 4 atom stereocenters. The van der Waals surface area contributed by atoms with Crippen LogP contribution in [0.1, 0.15) is 48.7 Å². The number of carbonyl (C=O) groups is 1. The smallest absolute Gasteiger partial charge is 0.367 e. The number of alkyl halides is 3. The number of carbonyl (C=O) groups excluding carboxylic acids is 1. The lowest BCUT2D eigenvalue weighted by molar-refractivity contribution is -0.138. The number of hydrogen-bond acceptors (Lipinski definition) is 9. The molecule has 0 spiro atoms. The first-order valence-corrected chi connectivity index (χ1v) is 17.2. The average molecular weight is 700 g/mol. The number of anilines is 2. The van der Waals surface area contributed by atoms with Crippen LogP contribution in [-0.2, 0) is 6.18 Å². The van der Waals surface area contributed by atoms with Gasteiger partial charge in [0.15, 0.2) is 0 Å². The van der Waals surface area contributed by atoms with Gasteiger partial charge in [-0.3, -0.25) is 14.5 Å². The van der Waals surface area contributed by atoms with Gasteiger partial charge in [0, 0.05) is 101 Å². The summed E-state index contributed by atoms with van der Waals surface area (Å²) in [4.78, 5) is 45.6. The molecule has 2 aromatic rings. The third-order valence-electron chi connectivity index (χ3n) is 10.3. The van der Waals surface area contributed by atoms with Crippen LogP contribution in [0.25, 0.3) is 5.57 Å². The highest BCUT2D eigenvalue weighted by molar-refractivity contribution is 6.07. The molecular weight excluding hydrogens is 654 g/mol. The van der Waals surface area contributed by atoms with Gasteiger partial charge in [-0.15, -0.1) is 0 Å². The maximum Gasteiger partial charge on any atom is 0.417 e. The molecule has 0 aliphatic carbocycles. The lowest BCUT2D eigenvalue weighted by Crippen LogP contribution is -2.55. The minimum absolute atomic E-state index is 0.0687. The van der Waals surface area contributed by atoms with Gasteiger partial charge in [-0.2, -0.15) is 13.2 Å². The van der Waals surface area contributed by atoms with Gasteiger partial charge in [-0.05, 0) is 51.9 Å². The molecule has 3 N–H and O–H groups in total. The van der Waals surface area contributed by atoms with E-state index >= 15 is 4.39 Å². The van der Waals surface area contributed by atoms with Gasteiger partial charge < -0.3 is 30.3 Å². The molecule has 4 aliphatic rings. The topological polar surface area (TPSA) is 112 Å². The van der Waals surface area contributed by atoms with Crippen molar-refractivity contribution < 1.29 is 22.4 Å². The first-order chi connectivity index (χ1) is 23.8. The van der Waals surface area contributed by atoms with Crippen molar-refractivity contribution in [1.29, 1.82) is 0 Å². The Kier molecular flexibility index (Phi) is 10.5. The minimum atomic E-state index is -4.94. The van der Waals surface area contributed by atoms with Gasteiger partial charge in [-0.25, -0.2) is 14.4 Å². The molecule has 270 valence electrons. The lowest BCUT2D eigenvalue weighted by Gasteiger charge is -2.44. The number of aromatic amines is 1. The van der Waals surface area contributed by atoms with Crippen molar-refractivity contribution in [2.24, 2.45) is 15.9 Å². The van der Waals surface area contributed by atoms with Gasteiger partial charge >= 0.3 is 6.18 Å². The van der Waals surface area contributed by atoms with Crippen LogP contribution in [0.3, 0.4) is 0 Å². The van der Waals surface area contributed by atoms with E-state index in [0.29, 0.717) is 55.9 Å². The van der Waals surface area contributed by atoms with Crippen LogP contribution >= 0.6 is 0 Å². The lowest BCUT2D eigenvalue weighted by atomic mass is 9.96. The van der Waals surface area contributed by atoms with Crippen molar-refractivity contribution in [3.63, 3.8) is 0 Å². The van der Waals surface area contributed by atoms with Crippen LogP contribution in [0.15, 0.2) is 45.3 Å². The third-order valence-corrected chi connectivity index (χ3v) is 10.3. The number of likely N-dealkylation sites (N-methyl/N-ethyl adjacent to an activating group) is 1. The van der Waals surface area contributed by atoms with Crippen LogP contribution in [0, 0.1) is 11.7 Å². The standard InChI is InChI=1S/C35H45F4N9O2/c1-21-18-48(19-22(2)45(21)4)31-15-29(36)26(13-30(31)44-33(50)27-17-41-32(49)14-28(27)35(37,38)39)24-5-9-47(10-6-24)34-42-16-25(23(3)43-34)20-46-11-7-40-8-12-46/h5,13-17,21-23,25,40H,6-12,18-20H2,1-4H3,(H,41,49)(H,44,50)/t21-,22+,23?,25?. The number of amides is 1. The van der Waals surface area contributed by atoms with E-state index in [1.807, 2.05) is 43.0 Å². The average Bonchev–Trinajstić information content (AvgIpc) is 3.08. The Hall–Kier alpha value is -4.08. The molecule has 0 bridgehead atoms. The summed E-state index contributed by atoms with van der Waals surface area (Å²) in [5.74, 6) is -0.685. The Balaban J connectivity index is 1.25. The number of aliphatic imine (C=N–C) groups is 2. The largest absolute Gasteiger partial charge is 0.417 e. The molecular formula is C35H45F4N9O2. The number of nitrogens with one attached hydrogen (secondary N) is 3. The van der Waals surface area contributed by atoms with Gasteiger partial charge in [0.2, 0.25) is 11.5 Å². The molecule has 4 aliphatic heterocycles. The fraction of sp³-hybridized carbons (Fsp3) is 0.543. The number of hydrogen-bond donors (Lipinski definition) is 3. The number of guanidine groups is 1. The van der Waals surface area contributed by atoms with Crippen molar-refractivity contribution in [2.45, 2.75) is 51.5 Å². The Morgan fingerprint density at radius 2 is 1.76 bits per heavy atom. The molecule has 15 heteroatoms. The zero-order valence-corrected chi connectivity index (χ0v) is 28.9. The molecule has 2 saturated heterocycles. The second kappa shape index (κ2) is 14.6. The van der Waals surface area contributed by atoms with Gasteiger partial charge in [0.05, 0.1) is 28.5 Å². The number of halogens is 4. The second-order valence-corrected chi connectivity index (χ2v) is 13.8. The first kappa shape index (κ1) is 35.7. The molecule has 1 amide bonds. The maximum atomic E-state index is 16.1. The predicted octanol–water partition coefficient (Wildman–Crippen LogP) is 3.75. The van der Waals surface area contributed by atoms with E-state index in [4.69, 9.17) is 9.98 Å². The van der Waals surface area contributed by atoms with Gasteiger partial charge in [0.1, 0.15) is 5.82 Å². The Morgan fingerprint density at radius 1 is 1.04 bits per heavy atom. The molecule has 0 saturated carbocycles. The number of benzene rings is 1. The van der Waals surface area contributed by atoms with Crippen molar-refractivity contribution in [1.82, 2.24) is 25.0 Å². The number of H-pyrrole nitrogens is 1. The van der Waals surface area contributed by atoms with Crippen molar-refractivity contribution in [3.05, 3.63) is 63.3 Å². The SMILES string of the molecule is CC1N=C(N2CC=C(c3cc(NC(=O)c4c[nH]c(=O)cc4C(F)(F)F)c(N4C[C@@H](C)N(C)[C@@H](C)C4)cc3F)CC2)N=CC1CN1CCNCC1. The van der Waals surface area contributed by atoms with E-state index in [0.717, 1.165) is 38.9 Å². The summed E-state index contributed by atoms with van der Waals surface area (Å²) in [6, 6.07) is 3.49. The van der Waals surface area contributed by atoms with Crippen LogP contribution in [0.5, 0.6) is 0 Å². The Bertz CT molecular complexity index is 1720. The summed E-state index contributed by atoms with van der Waals surface area (Å²) in [6.07, 6.45) is 0.195. The Morgan fingerprint density at radius 3 is 2.40 bits per heavy atom. The highest BCUT2D eigenvalue weighted by Crippen LogP contribution is 2.37. The number of aromatic nitrogens is 1.